The highest BCUT2D eigenvalue weighted by Crippen LogP contribution is 2.25. The highest BCUT2D eigenvalue weighted by atomic mass is 15.2. The number of rotatable bonds is 4. The zero-order valence-corrected chi connectivity index (χ0v) is 16.5. The molecule has 2 aromatic carbocycles. The Kier molecular flexibility index (Phi) is 4.69. The quantitative estimate of drug-likeness (QED) is 0.565. The first-order chi connectivity index (χ1) is 14.3. The topological polar surface area (TPSA) is 69.7 Å². The van der Waals surface area contributed by atoms with E-state index < -0.39 is 0 Å². The molecule has 2 aromatic heterocycles. The van der Waals surface area contributed by atoms with Gasteiger partial charge in [0, 0.05) is 36.6 Å². The van der Waals surface area contributed by atoms with Gasteiger partial charge in [0.05, 0.1) is 29.3 Å². The molecule has 0 bridgehead atoms. The number of benzene rings is 2. The third-order valence-electron chi connectivity index (χ3n) is 5.58. The molecule has 146 valence electrons. The van der Waals surface area contributed by atoms with Gasteiger partial charge in [0.15, 0.2) is 0 Å². The molecule has 1 aliphatic heterocycles. The first kappa shape index (κ1) is 17.8. The fourth-order valence-electron chi connectivity index (χ4n) is 4.02. The van der Waals surface area contributed by atoms with E-state index in [4.69, 9.17) is 4.98 Å². The monoisotopic (exact) mass is 384 g/mol. The Bertz CT molecular complexity index is 1120. The van der Waals surface area contributed by atoms with Crippen LogP contribution in [0, 0.1) is 6.92 Å². The fraction of sp³-hybridized carbons (Fsp3) is 0.261. The average Bonchev–Trinajstić information content (AvgIpc) is 3.15. The van der Waals surface area contributed by atoms with E-state index in [0.29, 0.717) is 6.04 Å². The van der Waals surface area contributed by atoms with Crippen LogP contribution in [-0.2, 0) is 6.42 Å². The first-order valence-electron chi connectivity index (χ1n) is 10.1. The lowest BCUT2D eigenvalue weighted by Crippen LogP contribution is -2.52. The van der Waals surface area contributed by atoms with E-state index in [-0.39, 0.29) is 0 Å². The van der Waals surface area contributed by atoms with Gasteiger partial charge in [-0.15, -0.1) is 0 Å². The van der Waals surface area contributed by atoms with Crippen LogP contribution in [0.25, 0.3) is 22.2 Å². The summed E-state index contributed by atoms with van der Waals surface area (Å²) in [4.78, 5) is 11.8. The van der Waals surface area contributed by atoms with Gasteiger partial charge in [-0.3, -0.25) is 10.1 Å². The van der Waals surface area contributed by atoms with Crippen LogP contribution in [0.3, 0.4) is 0 Å². The minimum atomic E-state index is 0.404. The molecule has 1 aliphatic rings. The lowest BCUT2D eigenvalue weighted by molar-refractivity contribution is 0.452. The lowest BCUT2D eigenvalue weighted by atomic mass is 10.0. The zero-order chi connectivity index (χ0) is 19.6. The predicted molar refractivity (Wildman–Crippen MR) is 116 cm³/mol. The standard InChI is InChI=1S/C23H24N6/c1-16-20-12-18(7-8-21(20)28-27-16)22-13-24-14-23(26-22)29-10-9-25-19(15-29)11-17-5-3-2-4-6-17/h2-8,12-14,19,25H,9-11,15H2,1H3,(H,27,28). The van der Waals surface area contributed by atoms with Crippen LogP contribution in [0.5, 0.6) is 0 Å². The highest BCUT2D eigenvalue weighted by Gasteiger charge is 2.21. The predicted octanol–water partition coefficient (Wildman–Crippen LogP) is 3.35. The minimum Gasteiger partial charge on any atom is -0.352 e. The van der Waals surface area contributed by atoms with Crippen molar-refractivity contribution in [1.82, 2.24) is 25.5 Å². The number of piperazine rings is 1. The smallest absolute Gasteiger partial charge is 0.147 e. The zero-order valence-electron chi connectivity index (χ0n) is 16.5. The molecular weight excluding hydrogens is 360 g/mol. The maximum atomic E-state index is 4.93. The summed E-state index contributed by atoms with van der Waals surface area (Å²) in [6.07, 6.45) is 4.72. The number of aromatic amines is 1. The van der Waals surface area contributed by atoms with Crippen molar-refractivity contribution in [1.29, 1.82) is 0 Å². The van der Waals surface area contributed by atoms with Crippen molar-refractivity contribution >= 4 is 16.7 Å². The second-order valence-corrected chi connectivity index (χ2v) is 7.62. The molecule has 3 heterocycles. The fourth-order valence-corrected chi connectivity index (χ4v) is 4.02. The summed E-state index contributed by atoms with van der Waals surface area (Å²) >= 11 is 0. The molecule has 6 nitrogen and oxygen atoms in total. The molecule has 0 amide bonds. The lowest BCUT2D eigenvalue weighted by Gasteiger charge is -2.34. The largest absolute Gasteiger partial charge is 0.352 e. The summed E-state index contributed by atoms with van der Waals surface area (Å²) in [6, 6.07) is 17.3. The van der Waals surface area contributed by atoms with Gasteiger partial charge in [0.2, 0.25) is 0 Å². The van der Waals surface area contributed by atoms with E-state index in [9.17, 15) is 0 Å². The Morgan fingerprint density at radius 1 is 1.10 bits per heavy atom. The van der Waals surface area contributed by atoms with Crippen LogP contribution < -0.4 is 10.2 Å². The number of nitrogens with zero attached hydrogens (tertiary/aromatic N) is 4. The molecule has 4 aromatic rings. The molecule has 0 spiro atoms. The molecule has 1 fully saturated rings. The van der Waals surface area contributed by atoms with E-state index in [1.807, 2.05) is 19.3 Å². The van der Waals surface area contributed by atoms with Gasteiger partial charge in [-0.25, -0.2) is 4.98 Å². The van der Waals surface area contributed by atoms with Crippen LogP contribution in [0.2, 0.25) is 0 Å². The van der Waals surface area contributed by atoms with Crippen molar-refractivity contribution in [3.05, 3.63) is 72.2 Å². The number of aryl methyl sites for hydroxylation is 1. The summed E-state index contributed by atoms with van der Waals surface area (Å²) in [5.41, 5.74) is 5.35. The number of H-pyrrole nitrogens is 1. The van der Waals surface area contributed by atoms with Gasteiger partial charge in [-0.2, -0.15) is 5.10 Å². The van der Waals surface area contributed by atoms with E-state index in [1.165, 1.54) is 5.56 Å². The average molecular weight is 384 g/mol. The molecule has 6 heteroatoms. The van der Waals surface area contributed by atoms with Crippen molar-refractivity contribution in [2.75, 3.05) is 24.5 Å². The van der Waals surface area contributed by atoms with Gasteiger partial charge in [0.1, 0.15) is 5.82 Å². The molecule has 0 saturated carbocycles. The number of hydrogen-bond acceptors (Lipinski definition) is 5. The summed E-state index contributed by atoms with van der Waals surface area (Å²) in [5.74, 6) is 0.936. The van der Waals surface area contributed by atoms with E-state index >= 15 is 0 Å². The minimum absolute atomic E-state index is 0.404. The molecule has 0 radical (unpaired) electrons. The maximum Gasteiger partial charge on any atom is 0.147 e. The number of hydrogen-bond donors (Lipinski definition) is 2. The third kappa shape index (κ3) is 3.71. The highest BCUT2D eigenvalue weighted by molar-refractivity contribution is 5.85. The molecule has 1 atom stereocenters. The molecule has 1 unspecified atom stereocenters. The van der Waals surface area contributed by atoms with Crippen LogP contribution in [-0.4, -0.2) is 45.8 Å². The second-order valence-electron chi connectivity index (χ2n) is 7.62. The molecule has 1 saturated heterocycles. The Balaban J connectivity index is 1.37. The summed E-state index contributed by atoms with van der Waals surface area (Å²) < 4.78 is 0. The van der Waals surface area contributed by atoms with Gasteiger partial charge in [-0.1, -0.05) is 36.4 Å². The second kappa shape index (κ2) is 7.64. The molecule has 29 heavy (non-hydrogen) atoms. The van der Waals surface area contributed by atoms with Crippen LogP contribution in [0.1, 0.15) is 11.3 Å². The number of fused-ring (bicyclic) bond motifs is 1. The number of nitrogens with one attached hydrogen (secondary N) is 2. The van der Waals surface area contributed by atoms with Gasteiger partial charge in [0.25, 0.3) is 0 Å². The van der Waals surface area contributed by atoms with Crippen LogP contribution in [0.4, 0.5) is 5.82 Å². The number of anilines is 1. The van der Waals surface area contributed by atoms with Crippen molar-refractivity contribution < 1.29 is 0 Å². The Labute approximate surface area is 170 Å². The van der Waals surface area contributed by atoms with Crippen molar-refractivity contribution in [2.45, 2.75) is 19.4 Å². The van der Waals surface area contributed by atoms with Crippen molar-refractivity contribution in [3.63, 3.8) is 0 Å². The van der Waals surface area contributed by atoms with Crippen LogP contribution >= 0.6 is 0 Å². The molecule has 0 aliphatic carbocycles. The van der Waals surface area contributed by atoms with E-state index in [2.05, 4.69) is 73.9 Å². The molecular formula is C23H24N6. The molecule has 5 rings (SSSR count). The maximum absolute atomic E-state index is 4.93. The van der Waals surface area contributed by atoms with Crippen LogP contribution in [0.15, 0.2) is 60.9 Å². The summed E-state index contributed by atoms with van der Waals surface area (Å²) in [5, 5.41) is 12.1. The number of aromatic nitrogens is 4. The molecule has 2 N–H and O–H groups in total. The Hall–Kier alpha value is -3.25. The summed E-state index contributed by atoms with van der Waals surface area (Å²) in [6.45, 7) is 4.82. The first-order valence-corrected chi connectivity index (χ1v) is 10.1. The van der Waals surface area contributed by atoms with Gasteiger partial charge in [-0.05, 0) is 31.0 Å². The van der Waals surface area contributed by atoms with E-state index in [0.717, 1.165) is 59.7 Å². The Morgan fingerprint density at radius 3 is 2.90 bits per heavy atom. The van der Waals surface area contributed by atoms with Crippen molar-refractivity contribution in [2.24, 2.45) is 0 Å². The third-order valence-corrected chi connectivity index (χ3v) is 5.58. The normalized spacial score (nSPS) is 17.0. The van der Waals surface area contributed by atoms with Gasteiger partial charge >= 0.3 is 0 Å². The van der Waals surface area contributed by atoms with E-state index in [1.54, 1.807) is 0 Å². The van der Waals surface area contributed by atoms with Crippen molar-refractivity contribution in [3.8, 4) is 11.3 Å². The SMILES string of the molecule is Cc1n[nH]c2ccc(-c3cncc(N4CCNC(Cc5ccccc5)C4)n3)cc12. The van der Waals surface area contributed by atoms with Gasteiger partial charge < -0.3 is 10.2 Å². The Morgan fingerprint density at radius 2 is 2.00 bits per heavy atom. The summed E-state index contributed by atoms with van der Waals surface area (Å²) in [7, 11) is 0.